The van der Waals surface area contributed by atoms with Crippen LogP contribution in [0.4, 0.5) is 0 Å². The summed E-state index contributed by atoms with van der Waals surface area (Å²) in [5, 5.41) is 16.2. The lowest BCUT2D eigenvalue weighted by Crippen LogP contribution is -2.14. The zero-order valence-corrected chi connectivity index (χ0v) is 12.4. The van der Waals surface area contributed by atoms with Crippen LogP contribution in [0.3, 0.4) is 0 Å². The Labute approximate surface area is 118 Å². The predicted octanol–water partition coefficient (Wildman–Crippen LogP) is 3.44. The van der Waals surface area contributed by atoms with Crippen LogP contribution in [-0.2, 0) is 18.5 Å². The molecule has 19 heavy (non-hydrogen) atoms. The molecule has 1 aromatic carbocycles. The molecule has 0 radical (unpaired) electrons. The van der Waals surface area contributed by atoms with Crippen LogP contribution in [0.25, 0.3) is 0 Å². The summed E-state index contributed by atoms with van der Waals surface area (Å²) >= 11 is 1.71. The molecule has 2 N–H and O–H groups in total. The van der Waals surface area contributed by atoms with E-state index in [-0.39, 0.29) is 5.41 Å². The van der Waals surface area contributed by atoms with E-state index in [1.165, 1.54) is 0 Å². The molecule has 0 aliphatic carbocycles. The monoisotopic (exact) mass is 276 g/mol. The van der Waals surface area contributed by atoms with Gasteiger partial charge < -0.3 is 10.4 Å². The van der Waals surface area contributed by atoms with Gasteiger partial charge in [-0.25, -0.2) is 4.98 Å². The fourth-order valence-corrected chi connectivity index (χ4v) is 2.63. The first-order valence-electron chi connectivity index (χ1n) is 6.39. The Hall–Kier alpha value is -1.39. The van der Waals surface area contributed by atoms with Crippen LogP contribution in [0, 0.1) is 0 Å². The van der Waals surface area contributed by atoms with Gasteiger partial charge in [-0.05, 0) is 6.07 Å². The van der Waals surface area contributed by atoms with Crippen molar-refractivity contribution in [2.24, 2.45) is 0 Å². The minimum atomic E-state index is 0.112. The van der Waals surface area contributed by atoms with Crippen LogP contribution in [0.15, 0.2) is 29.6 Å². The first-order valence-corrected chi connectivity index (χ1v) is 7.27. The average Bonchev–Trinajstić information content (AvgIpc) is 2.80. The first kappa shape index (κ1) is 14.0. The topological polar surface area (TPSA) is 45.2 Å². The molecule has 1 heterocycles. The van der Waals surface area contributed by atoms with E-state index in [4.69, 9.17) is 0 Å². The molecule has 1 aromatic heterocycles. The van der Waals surface area contributed by atoms with Gasteiger partial charge in [0.05, 0.1) is 10.7 Å². The largest absolute Gasteiger partial charge is 0.508 e. The highest BCUT2D eigenvalue weighted by atomic mass is 32.1. The number of nitrogens with one attached hydrogen (secondary N) is 1. The molecule has 102 valence electrons. The van der Waals surface area contributed by atoms with Crippen molar-refractivity contribution >= 4 is 11.3 Å². The summed E-state index contributed by atoms with van der Waals surface area (Å²) in [5.74, 6) is 0.337. The van der Waals surface area contributed by atoms with E-state index in [2.05, 4.69) is 36.5 Å². The quantitative estimate of drug-likeness (QED) is 0.899. The molecule has 0 amide bonds. The van der Waals surface area contributed by atoms with E-state index >= 15 is 0 Å². The third kappa shape index (κ3) is 3.78. The number of rotatable bonds is 4. The molecule has 0 unspecified atom stereocenters. The standard InChI is InChI=1S/C15H20N2OS/c1-15(2,3)14-17-12(10-19-14)9-16-8-11-6-4-5-7-13(11)18/h4-7,10,16,18H,8-9H2,1-3H3. The lowest BCUT2D eigenvalue weighted by atomic mass is 9.98. The Balaban J connectivity index is 1.90. The van der Waals surface area contributed by atoms with Crippen molar-refractivity contribution in [3.8, 4) is 5.75 Å². The van der Waals surface area contributed by atoms with Crippen molar-refractivity contribution in [2.75, 3.05) is 0 Å². The lowest BCUT2D eigenvalue weighted by molar-refractivity contribution is 0.464. The summed E-state index contributed by atoms with van der Waals surface area (Å²) in [7, 11) is 0. The van der Waals surface area contributed by atoms with Crippen LogP contribution in [0.1, 0.15) is 37.0 Å². The summed E-state index contributed by atoms with van der Waals surface area (Å²) < 4.78 is 0. The van der Waals surface area contributed by atoms with E-state index in [0.29, 0.717) is 12.3 Å². The van der Waals surface area contributed by atoms with Gasteiger partial charge in [0.15, 0.2) is 0 Å². The number of phenolic OH excluding ortho intramolecular Hbond substituents is 1. The van der Waals surface area contributed by atoms with Crippen molar-refractivity contribution in [3.05, 3.63) is 45.9 Å². The summed E-state index contributed by atoms with van der Waals surface area (Å²) in [6, 6.07) is 7.38. The minimum Gasteiger partial charge on any atom is -0.508 e. The number of aromatic hydroxyl groups is 1. The minimum absolute atomic E-state index is 0.112. The molecule has 0 saturated carbocycles. The van der Waals surface area contributed by atoms with Gasteiger partial charge in [-0.1, -0.05) is 39.0 Å². The molecule has 0 bridgehead atoms. The van der Waals surface area contributed by atoms with Crippen molar-refractivity contribution in [1.82, 2.24) is 10.3 Å². The highest BCUT2D eigenvalue weighted by Crippen LogP contribution is 2.25. The Morgan fingerprint density at radius 3 is 2.58 bits per heavy atom. The van der Waals surface area contributed by atoms with Crippen molar-refractivity contribution < 1.29 is 5.11 Å². The Morgan fingerprint density at radius 1 is 1.21 bits per heavy atom. The van der Waals surface area contributed by atoms with Crippen molar-refractivity contribution in [1.29, 1.82) is 0 Å². The maximum atomic E-state index is 9.66. The molecular weight excluding hydrogens is 256 g/mol. The van der Waals surface area contributed by atoms with Gasteiger partial charge in [-0.3, -0.25) is 0 Å². The summed E-state index contributed by atoms with van der Waals surface area (Å²) in [6.07, 6.45) is 0. The molecule has 2 rings (SSSR count). The van der Waals surface area contributed by atoms with Crippen LogP contribution >= 0.6 is 11.3 Å². The fraction of sp³-hybridized carbons (Fsp3) is 0.400. The molecule has 0 aliphatic heterocycles. The maximum absolute atomic E-state index is 9.66. The van der Waals surface area contributed by atoms with E-state index in [0.717, 1.165) is 22.8 Å². The van der Waals surface area contributed by atoms with Gasteiger partial charge in [-0.2, -0.15) is 0 Å². The normalized spacial score (nSPS) is 11.7. The zero-order chi connectivity index (χ0) is 13.9. The van der Waals surface area contributed by atoms with Gasteiger partial charge >= 0.3 is 0 Å². The number of phenols is 1. The third-order valence-corrected chi connectivity index (χ3v) is 4.12. The fourth-order valence-electron chi connectivity index (χ4n) is 1.72. The zero-order valence-electron chi connectivity index (χ0n) is 11.6. The first-order chi connectivity index (χ1) is 8.97. The average molecular weight is 276 g/mol. The van der Waals surface area contributed by atoms with Gasteiger partial charge in [0.2, 0.25) is 0 Å². The van der Waals surface area contributed by atoms with Gasteiger partial charge in [0.25, 0.3) is 0 Å². The number of thiazole rings is 1. The number of nitrogens with zero attached hydrogens (tertiary/aromatic N) is 1. The predicted molar refractivity (Wildman–Crippen MR) is 79.5 cm³/mol. The van der Waals surface area contributed by atoms with E-state index < -0.39 is 0 Å². The molecule has 0 atom stereocenters. The summed E-state index contributed by atoms with van der Waals surface area (Å²) in [4.78, 5) is 4.63. The van der Waals surface area contributed by atoms with Crippen LogP contribution < -0.4 is 5.32 Å². The Morgan fingerprint density at radius 2 is 1.95 bits per heavy atom. The summed E-state index contributed by atoms with van der Waals surface area (Å²) in [6.45, 7) is 7.89. The number of para-hydroxylation sites is 1. The molecule has 0 aliphatic rings. The second-order valence-corrected chi connectivity index (χ2v) is 6.48. The number of hydrogen-bond donors (Lipinski definition) is 2. The molecule has 2 aromatic rings. The second-order valence-electron chi connectivity index (χ2n) is 5.63. The van der Waals surface area contributed by atoms with Gasteiger partial charge in [0.1, 0.15) is 5.75 Å². The SMILES string of the molecule is CC(C)(C)c1nc(CNCc2ccccc2O)cs1. The van der Waals surface area contributed by atoms with Gasteiger partial charge in [-0.15, -0.1) is 11.3 Å². The van der Waals surface area contributed by atoms with Crippen LogP contribution in [0.2, 0.25) is 0 Å². The highest BCUT2D eigenvalue weighted by molar-refractivity contribution is 7.09. The summed E-state index contributed by atoms with van der Waals surface area (Å²) in [5.41, 5.74) is 2.08. The van der Waals surface area contributed by atoms with Gasteiger partial charge in [0, 0.05) is 29.4 Å². The van der Waals surface area contributed by atoms with E-state index in [1.54, 1.807) is 17.4 Å². The molecule has 3 nitrogen and oxygen atoms in total. The smallest absolute Gasteiger partial charge is 0.120 e. The Bertz CT molecular complexity index is 543. The maximum Gasteiger partial charge on any atom is 0.120 e. The van der Waals surface area contributed by atoms with Crippen LogP contribution in [-0.4, -0.2) is 10.1 Å². The third-order valence-electron chi connectivity index (χ3n) is 2.81. The Kier molecular flexibility index (Phi) is 4.22. The number of aromatic nitrogens is 1. The van der Waals surface area contributed by atoms with Crippen LogP contribution in [0.5, 0.6) is 5.75 Å². The van der Waals surface area contributed by atoms with E-state index in [9.17, 15) is 5.11 Å². The lowest BCUT2D eigenvalue weighted by Gasteiger charge is -2.13. The second kappa shape index (κ2) is 5.72. The molecule has 0 spiro atoms. The molecule has 0 saturated heterocycles. The van der Waals surface area contributed by atoms with Crippen molar-refractivity contribution in [2.45, 2.75) is 39.3 Å². The molecule has 4 heteroatoms. The number of benzene rings is 1. The highest BCUT2D eigenvalue weighted by Gasteiger charge is 2.17. The number of hydrogen-bond acceptors (Lipinski definition) is 4. The molecule has 0 fully saturated rings. The molecular formula is C15H20N2OS. The van der Waals surface area contributed by atoms with Crippen molar-refractivity contribution in [3.63, 3.8) is 0 Å². The van der Waals surface area contributed by atoms with E-state index in [1.807, 2.05) is 18.2 Å².